The molecule has 0 bridgehead atoms. The average Bonchev–Trinajstić information content (AvgIpc) is 2.29. The number of hydrogen-bond donors (Lipinski definition) is 0. The molecule has 0 aliphatic carbocycles. The topological polar surface area (TPSA) is 23.8 Å². The molecule has 16 heavy (non-hydrogen) atoms. The van der Waals surface area contributed by atoms with Crippen LogP contribution in [-0.4, -0.2) is 0 Å². The molecule has 0 spiro atoms. The van der Waals surface area contributed by atoms with Gasteiger partial charge in [-0.1, -0.05) is 47.5 Å². The maximum atomic E-state index is 9.01. The highest BCUT2D eigenvalue weighted by atomic mass is 35.5. The van der Waals surface area contributed by atoms with Crippen LogP contribution >= 0.6 is 23.2 Å². The van der Waals surface area contributed by atoms with E-state index >= 15 is 0 Å². The zero-order valence-electron chi connectivity index (χ0n) is 8.24. The third-order valence-corrected chi connectivity index (χ3v) is 2.82. The number of hydrogen-bond acceptors (Lipinski definition) is 1. The van der Waals surface area contributed by atoms with E-state index in [-0.39, 0.29) is 0 Å². The fourth-order valence-corrected chi connectivity index (χ4v) is 2.03. The van der Waals surface area contributed by atoms with Crippen molar-refractivity contribution in [2.75, 3.05) is 0 Å². The van der Waals surface area contributed by atoms with Crippen molar-refractivity contribution in [3.05, 3.63) is 58.1 Å². The van der Waals surface area contributed by atoms with Crippen LogP contribution in [0.4, 0.5) is 0 Å². The minimum atomic E-state index is 0.551. The molecule has 0 atom stereocenters. The number of nitrogens with zero attached hydrogens (tertiary/aromatic N) is 1. The number of rotatable bonds is 1. The summed E-state index contributed by atoms with van der Waals surface area (Å²) < 4.78 is 0. The quantitative estimate of drug-likeness (QED) is 0.727. The summed E-state index contributed by atoms with van der Waals surface area (Å²) in [7, 11) is 0. The summed E-state index contributed by atoms with van der Waals surface area (Å²) in [5.41, 5.74) is 2.25. The van der Waals surface area contributed by atoms with E-state index in [2.05, 4.69) is 6.07 Å². The van der Waals surface area contributed by atoms with Gasteiger partial charge < -0.3 is 0 Å². The first-order valence-electron chi connectivity index (χ1n) is 4.67. The molecular weight excluding hydrogens is 241 g/mol. The molecule has 2 rings (SSSR count). The Morgan fingerprint density at radius 1 is 0.938 bits per heavy atom. The number of benzene rings is 2. The fraction of sp³-hybridized carbons (Fsp3) is 0. The maximum absolute atomic E-state index is 9.01. The molecule has 0 N–H and O–H groups in total. The van der Waals surface area contributed by atoms with Gasteiger partial charge in [0.2, 0.25) is 0 Å². The molecule has 0 radical (unpaired) electrons. The molecule has 2 aromatic rings. The Hall–Kier alpha value is -1.49. The predicted octanol–water partition coefficient (Wildman–Crippen LogP) is 4.53. The molecule has 0 saturated carbocycles. The van der Waals surface area contributed by atoms with Gasteiger partial charge >= 0.3 is 0 Å². The lowest BCUT2D eigenvalue weighted by atomic mass is 10.0. The van der Waals surface area contributed by atoms with Crippen LogP contribution < -0.4 is 0 Å². The van der Waals surface area contributed by atoms with E-state index in [4.69, 9.17) is 28.5 Å². The minimum absolute atomic E-state index is 0.551. The monoisotopic (exact) mass is 247 g/mol. The molecule has 0 fully saturated rings. The molecule has 0 aromatic heterocycles. The molecule has 0 aliphatic heterocycles. The lowest BCUT2D eigenvalue weighted by Crippen LogP contribution is -1.84. The van der Waals surface area contributed by atoms with E-state index < -0.39 is 0 Å². The summed E-state index contributed by atoms with van der Waals surface area (Å²) in [6, 6.07) is 14.7. The molecule has 0 amide bonds. The Kier molecular flexibility index (Phi) is 3.14. The Labute approximate surface area is 104 Å². The average molecular weight is 248 g/mol. The van der Waals surface area contributed by atoms with E-state index in [0.29, 0.717) is 15.6 Å². The van der Waals surface area contributed by atoms with E-state index in [1.54, 1.807) is 18.2 Å². The van der Waals surface area contributed by atoms with Crippen LogP contribution in [0.2, 0.25) is 10.0 Å². The summed E-state index contributed by atoms with van der Waals surface area (Å²) in [6.45, 7) is 0. The van der Waals surface area contributed by atoms with Crippen molar-refractivity contribution in [3.63, 3.8) is 0 Å². The molecule has 3 heteroatoms. The van der Waals surface area contributed by atoms with Crippen LogP contribution in [0.25, 0.3) is 11.1 Å². The number of halogens is 2. The van der Waals surface area contributed by atoms with Crippen LogP contribution in [0.1, 0.15) is 5.56 Å². The Morgan fingerprint density at radius 2 is 1.69 bits per heavy atom. The van der Waals surface area contributed by atoms with Crippen molar-refractivity contribution < 1.29 is 0 Å². The van der Waals surface area contributed by atoms with Gasteiger partial charge in [0.25, 0.3) is 0 Å². The van der Waals surface area contributed by atoms with Crippen molar-refractivity contribution in [2.24, 2.45) is 0 Å². The standard InChI is InChI=1S/C13H7Cl2N/c14-10-5-6-12(13(15)7-10)11-4-2-1-3-9(11)8-16/h1-7H. The van der Waals surface area contributed by atoms with Crippen LogP contribution in [0.5, 0.6) is 0 Å². The predicted molar refractivity (Wildman–Crippen MR) is 66.6 cm³/mol. The van der Waals surface area contributed by atoms with Gasteiger partial charge in [-0.15, -0.1) is 0 Å². The SMILES string of the molecule is N#Cc1ccccc1-c1ccc(Cl)cc1Cl. The summed E-state index contributed by atoms with van der Waals surface area (Å²) in [5.74, 6) is 0. The van der Waals surface area contributed by atoms with Crippen LogP contribution in [0, 0.1) is 11.3 Å². The Morgan fingerprint density at radius 3 is 2.38 bits per heavy atom. The molecule has 78 valence electrons. The molecule has 0 heterocycles. The minimum Gasteiger partial charge on any atom is -0.192 e. The largest absolute Gasteiger partial charge is 0.192 e. The maximum Gasteiger partial charge on any atom is 0.0998 e. The van der Waals surface area contributed by atoms with Gasteiger partial charge in [0.05, 0.1) is 11.6 Å². The van der Waals surface area contributed by atoms with E-state index in [9.17, 15) is 0 Å². The third-order valence-electron chi connectivity index (χ3n) is 2.27. The lowest BCUT2D eigenvalue weighted by molar-refractivity contribution is 1.48. The van der Waals surface area contributed by atoms with E-state index in [0.717, 1.165) is 11.1 Å². The first-order chi connectivity index (χ1) is 7.72. The van der Waals surface area contributed by atoms with Crippen molar-refractivity contribution in [1.29, 1.82) is 5.26 Å². The highest BCUT2D eigenvalue weighted by Crippen LogP contribution is 2.32. The van der Waals surface area contributed by atoms with Crippen LogP contribution in [0.3, 0.4) is 0 Å². The van der Waals surface area contributed by atoms with Crippen molar-refractivity contribution in [3.8, 4) is 17.2 Å². The van der Waals surface area contributed by atoms with Crippen LogP contribution in [0.15, 0.2) is 42.5 Å². The van der Waals surface area contributed by atoms with E-state index in [1.807, 2.05) is 24.3 Å². The van der Waals surface area contributed by atoms with Crippen molar-refractivity contribution >= 4 is 23.2 Å². The van der Waals surface area contributed by atoms with Gasteiger partial charge in [-0.05, 0) is 18.2 Å². The third kappa shape index (κ3) is 2.04. The summed E-state index contributed by atoms with van der Waals surface area (Å²) in [4.78, 5) is 0. The summed E-state index contributed by atoms with van der Waals surface area (Å²) >= 11 is 11.9. The van der Waals surface area contributed by atoms with Gasteiger partial charge in [0, 0.05) is 21.2 Å². The highest BCUT2D eigenvalue weighted by Gasteiger charge is 2.07. The summed E-state index contributed by atoms with van der Waals surface area (Å²) in [6.07, 6.45) is 0. The second-order valence-corrected chi connectivity index (χ2v) is 4.13. The zero-order chi connectivity index (χ0) is 11.5. The van der Waals surface area contributed by atoms with Crippen molar-refractivity contribution in [2.45, 2.75) is 0 Å². The van der Waals surface area contributed by atoms with Gasteiger partial charge in [-0.3, -0.25) is 0 Å². The number of nitriles is 1. The lowest BCUT2D eigenvalue weighted by Gasteiger charge is -2.06. The van der Waals surface area contributed by atoms with Gasteiger partial charge in [0.1, 0.15) is 0 Å². The van der Waals surface area contributed by atoms with Gasteiger partial charge in [0.15, 0.2) is 0 Å². The van der Waals surface area contributed by atoms with Gasteiger partial charge in [-0.2, -0.15) is 5.26 Å². The molecule has 0 unspecified atom stereocenters. The second kappa shape index (κ2) is 4.57. The van der Waals surface area contributed by atoms with Gasteiger partial charge in [-0.25, -0.2) is 0 Å². The fourth-order valence-electron chi connectivity index (χ4n) is 1.52. The molecular formula is C13H7Cl2N. The zero-order valence-corrected chi connectivity index (χ0v) is 9.76. The second-order valence-electron chi connectivity index (χ2n) is 3.28. The van der Waals surface area contributed by atoms with E-state index in [1.165, 1.54) is 0 Å². The first kappa shape index (κ1) is 11.0. The van der Waals surface area contributed by atoms with Crippen LogP contribution in [-0.2, 0) is 0 Å². The molecule has 2 aromatic carbocycles. The normalized spacial score (nSPS) is 9.81. The molecule has 0 aliphatic rings. The first-order valence-corrected chi connectivity index (χ1v) is 5.42. The van der Waals surface area contributed by atoms with Crippen molar-refractivity contribution in [1.82, 2.24) is 0 Å². The molecule has 1 nitrogen and oxygen atoms in total. The Balaban J connectivity index is 2.64. The molecule has 0 saturated heterocycles. The summed E-state index contributed by atoms with van der Waals surface area (Å²) in [5, 5.41) is 10.1. The smallest absolute Gasteiger partial charge is 0.0998 e. The Bertz CT molecular complexity index is 570. The highest BCUT2D eigenvalue weighted by molar-refractivity contribution is 6.36.